The average Bonchev–Trinajstić information content (AvgIpc) is 2.88. The number of hydrogen-bond donors (Lipinski definition) is 1. The Balaban J connectivity index is 1.75. The van der Waals surface area contributed by atoms with Crippen LogP contribution in [-0.2, 0) is 20.6 Å². The van der Waals surface area contributed by atoms with E-state index in [9.17, 15) is 17.6 Å². The maximum absolute atomic E-state index is 13.8. The van der Waals surface area contributed by atoms with Crippen molar-refractivity contribution in [3.63, 3.8) is 0 Å². The van der Waals surface area contributed by atoms with Crippen molar-refractivity contribution in [2.75, 3.05) is 37.4 Å². The maximum Gasteiger partial charge on any atom is 0.264 e. The lowest BCUT2D eigenvalue weighted by Gasteiger charge is -2.24. The molecule has 12 heteroatoms. The molecule has 3 aromatic rings. The Morgan fingerprint density at radius 3 is 2.46 bits per heavy atom. The molecule has 0 saturated carbocycles. The highest BCUT2D eigenvalue weighted by Crippen LogP contribution is 2.33. The minimum atomic E-state index is -4.27. The molecule has 1 N–H and O–H groups in total. The van der Waals surface area contributed by atoms with Crippen LogP contribution in [0.25, 0.3) is 0 Å². The van der Waals surface area contributed by atoms with Gasteiger partial charge in [0.1, 0.15) is 12.4 Å². The summed E-state index contributed by atoms with van der Waals surface area (Å²) in [7, 11) is -1.47. The van der Waals surface area contributed by atoms with Crippen molar-refractivity contribution in [2.45, 2.75) is 10.6 Å². The number of ether oxygens (including phenoxy) is 2. The Labute approximate surface area is 229 Å². The lowest BCUT2D eigenvalue weighted by molar-refractivity contribution is -0.119. The van der Waals surface area contributed by atoms with Gasteiger partial charge in [-0.25, -0.2) is 12.8 Å². The van der Waals surface area contributed by atoms with Crippen molar-refractivity contribution in [1.29, 1.82) is 0 Å². The van der Waals surface area contributed by atoms with E-state index in [2.05, 4.69) is 5.32 Å². The summed E-state index contributed by atoms with van der Waals surface area (Å²) in [6.07, 6.45) is 0. The summed E-state index contributed by atoms with van der Waals surface area (Å²) in [5.41, 5.74) is 1.09. The van der Waals surface area contributed by atoms with Crippen LogP contribution in [0.5, 0.6) is 11.5 Å². The van der Waals surface area contributed by atoms with E-state index in [1.807, 2.05) is 18.2 Å². The second kappa shape index (κ2) is 13.2. The number of methoxy groups -OCH3 is 2. The highest BCUT2D eigenvalue weighted by Gasteiger charge is 2.29. The lowest BCUT2D eigenvalue weighted by atomic mass is 10.2. The van der Waals surface area contributed by atoms with Crippen molar-refractivity contribution >= 4 is 56.6 Å². The molecule has 0 aliphatic carbocycles. The van der Waals surface area contributed by atoms with Crippen LogP contribution in [0.3, 0.4) is 0 Å². The molecule has 0 fully saturated rings. The molecule has 0 saturated heterocycles. The first-order valence-electron chi connectivity index (χ1n) is 10.9. The quantitative estimate of drug-likeness (QED) is 0.286. The van der Waals surface area contributed by atoms with Gasteiger partial charge in [-0.3, -0.25) is 9.10 Å². The summed E-state index contributed by atoms with van der Waals surface area (Å²) in [6.45, 7) is -0.226. The zero-order valence-corrected chi connectivity index (χ0v) is 23.2. The molecule has 1 amide bonds. The van der Waals surface area contributed by atoms with E-state index in [1.165, 1.54) is 38.5 Å². The van der Waals surface area contributed by atoms with Gasteiger partial charge >= 0.3 is 0 Å². The second-order valence-corrected chi connectivity index (χ2v) is 11.5. The van der Waals surface area contributed by atoms with E-state index in [4.69, 9.17) is 32.7 Å². The number of carbonyl (C=O) groups is 1. The topological polar surface area (TPSA) is 84.9 Å². The molecule has 0 heterocycles. The van der Waals surface area contributed by atoms with E-state index >= 15 is 0 Å². The van der Waals surface area contributed by atoms with Crippen molar-refractivity contribution in [3.8, 4) is 11.5 Å². The fourth-order valence-corrected chi connectivity index (χ4v) is 5.95. The van der Waals surface area contributed by atoms with Crippen LogP contribution in [0.2, 0.25) is 10.0 Å². The first kappa shape index (κ1) is 28.9. The number of hydrogen-bond acceptors (Lipinski definition) is 6. The van der Waals surface area contributed by atoms with Gasteiger partial charge in [-0.15, -0.1) is 0 Å². The average molecular weight is 588 g/mol. The minimum absolute atomic E-state index is 0.0340. The number of nitrogens with one attached hydrogen (secondary N) is 1. The van der Waals surface area contributed by atoms with Crippen molar-refractivity contribution in [1.82, 2.24) is 5.32 Å². The van der Waals surface area contributed by atoms with Crippen molar-refractivity contribution in [3.05, 3.63) is 82.1 Å². The number of benzene rings is 3. The number of thioether (sulfide) groups is 1. The van der Waals surface area contributed by atoms with Crippen molar-refractivity contribution in [2.24, 2.45) is 0 Å². The first-order valence-corrected chi connectivity index (χ1v) is 14.3. The van der Waals surface area contributed by atoms with Crippen molar-refractivity contribution < 1.29 is 27.1 Å². The van der Waals surface area contributed by atoms with Gasteiger partial charge in [-0.05, 0) is 48.0 Å². The molecule has 3 aromatic carbocycles. The Hall–Kier alpha value is -2.66. The third-order valence-corrected chi connectivity index (χ3v) is 8.47. The molecule has 7 nitrogen and oxygen atoms in total. The molecule has 0 unspecified atom stereocenters. The van der Waals surface area contributed by atoms with E-state index < -0.39 is 28.3 Å². The molecule has 0 atom stereocenters. The largest absolute Gasteiger partial charge is 0.493 e. The summed E-state index contributed by atoms with van der Waals surface area (Å²) in [4.78, 5) is 12.6. The standard InChI is InChI=1S/C25H25Cl2FN2O5S2/c1-34-23-9-7-20(14-24(23)35-2)37(32,33)30(19-6-8-22(28)21(27)13-19)15-25(31)29-10-11-36-16-17-4-3-5-18(26)12-17/h3-9,12-14H,10-11,15-16H2,1-2H3,(H,29,31). The number of rotatable bonds is 12. The molecule has 0 spiro atoms. The minimum Gasteiger partial charge on any atom is -0.493 e. The number of carbonyl (C=O) groups excluding carboxylic acids is 1. The molecule has 37 heavy (non-hydrogen) atoms. The number of nitrogens with zero attached hydrogens (tertiary/aromatic N) is 1. The predicted octanol–water partition coefficient (Wildman–Crippen LogP) is 5.39. The van der Waals surface area contributed by atoms with E-state index in [0.717, 1.165) is 22.0 Å². The summed E-state index contributed by atoms with van der Waals surface area (Å²) in [5.74, 6) is 0.600. The van der Waals surface area contributed by atoms with Crippen LogP contribution in [0.1, 0.15) is 5.56 Å². The summed E-state index contributed by atoms with van der Waals surface area (Å²) >= 11 is 13.5. The van der Waals surface area contributed by atoms with E-state index in [1.54, 1.807) is 17.8 Å². The molecule has 3 rings (SSSR count). The lowest BCUT2D eigenvalue weighted by Crippen LogP contribution is -2.41. The summed E-state index contributed by atoms with van der Waals surface area (Å²) in [6, 6.07) is 15.0. The van der Waals surface area contributed by atoms with E-state index in [-0.39, 0.29) is 21.4 Å². The van der Waals surface area contributed by atoms with Gasteiger partial charge in [-0.2, -0.15) is 11.8 Å². The summed E-state index contributed by atoms with van der Waals surface area (Å²) in [5, 5.41) is 3.11. The third-order valence-electron chi connectivity index (χ3n) is 5.15. The Morgan fingerprint density at radius 2 is 1.78 bits per heavy atom. The Morgan fingerprint density at radius 1 is 1.03 bits per heavy atom. The second-order valence-electron chi connectivity index (χ2n) is 7.66. The van der Waals surface area contributed by atoms with Crippen LogP contribution in [0.4, 0.5) is 10.1 Å². The highest BCUT2D eigenvalue weighted by atomic mass is 35.5. The molecule has 0 aliphatic rings. The molecule has 0 bridgehead atoms. The van der Waals surface area contributed by atoms with Crippen LogP contribution >= 0.6 is 35.0 Å². The Kier molecular flexibility index (Phi) is 10.3. The van der Waals surface area contributed by atoms with Crippen LogP contribution in [0, 0.1) is 5.82 Å². The number of halogens is 3. The molecule has 0 aromatic heterocycles. The molecule has 198 valence electrons. The van der Waals surface area contributed by atoms with Gasteiger partial charge in [-0.1, -0.05) is 35.3 Å². The zero-order valence-electron chi connectivity index (χ0n) is 20.0. The molecule has 0 radical (unpaired) electrons. The van der Waals surface area contributed by atoms with Gasteiger partial charge < -0.3 is 14.8 Å². The maximum atomic E-state index is 13.8. The van der Waals surface area contributed by atoms with Gasteiger partial charge in [0.25, 0.3) is 10.0 Å². The summed E-state index contributed by atoms with van der Waals surface area (Å²) < 4.78 is 52.2. The molecular weight excluding hydrogens is 562 g/mol. The fourth-order valence-electron chi connectivity index (χ4n) is 3.33. The number of amides is 1. The van der Waals surface area contributed by atoms with Gasteiger partial charge in [0.05, 0.1) is 29.8 Å². The zero-order chi connectivity index (χ0) is 27.0. The predicted molar refractivity (Wildman–Crippen MR) is 146 cm³/mol. The normalized spacial score (nSPS) is 11.2. The van der Waals surface area contributed by atoms with Gasteiger partial charge in [0, 0.05) is 29.1 Å². The molecule has 0 aliphatic heterocycles. The Bertz CT molecular complexity index is 1360. The van der Waals surface area contributed by atoms with Crippen LogP contribution in [0.15, 0.2) is 65.6 Å². The number of sulfonamides is 1. The fraction of sp³-hybridized carbons (Fsp3) is 0.240. The van der Waals surface area contributed by atoms with Gasteiger partial charge in [0.15, 0.2) is 11.5 Å². The highest BCUT2D eigenvalue weighted by molar-refractivity contribution is 7.98. The SMILES string of the molecule is COc1ccc(S(=O)(=O)N(CC(=O)NCCSCc2cccc(Cl)c2)c2ccc(F)c(Cl)c2)cc1OC. The molecular formula is C25H25Cl2FN2O5S2. The number of anilines is 1. The van der Waals surface area contributed by atoms with Gasteiger partial charge in [0.2, 0.25) is 5.91 Å². The monoisotopic (exact) mass is 586 g/mol. The van der Waals surface area contributed by atoms with E-state index in [0.29, 0.717) is 28.8 Å². The van der Waals surface area contributed by atoms with Crippen LogP contribution in [-0.4, -0.2) is 47.4 Å². The smallest absolute Gasteiger partial charge is 0.264 e. The van der Waals surface area contributed by atoms with Crippen LogP contribution < -0.4 is 19.1 Å². The third kappa shape index (κ3) is 7.67. The first-order chi connectivity index (χ1) is 17.6.